The molecule has 2 nitrogen and oxygen atoms in total. The van der Waals surface area contributed by atoms with E-state index in [9.17, 15) is 0 Å². The summed E-state index contributed by atoms with van der Waals surface area (Å²) in [6, 6.07) is 1.90. The van der Waals surface area contributed by atoms with Crippen molar-refractivity contribution in [3.63, 3.8) is 0 Å². The van der Waals surface area contributed by atoms with E-state index in [1.807, 2.05) is 0 Å². The fourth-order valence-corrected chi connectivity index (χ4v) is 6.05. The summed E-state index contributed by atoms with van der Waals surface area (Å²) in [5.74, 6) is 2.05. The van der Waals surface area contributed by atoms with Gasteiger partial charge in [0.05, 0.1) is 12.1 Å². The lowest BCUT2D eigenvalue weighted by Gasteiger charge is -2.48. The van der Waals surface area contributed by atoms with Gasteiger partial charge in [-0.3, -0.25) is 4.99 Å². The zero-order valence-electron chi connectivity index (χ0n) is 15.9. The Morgan fingerprint density at radius 3 is 2.31 bits per heavy atom. The Morgan fingerprint density at radius 2 is 1.38 bits per heavy atom. The average Bonchev–Trinajstić information content (AvgIpc) is 3.03. The van der Waals surface area contributed by atoms with E-state index in [-0.39, 0.29) is 0 Å². The minimum atomic E-state index is 0.538. The van der Waals surface area contributed by atoms with Gasteiger partial charge in [0.15, 0.2) is 0 Å². The summed E-state index contributed by atoms with van der Waals surface area (Å²) in [7, 11) is 0. The summed E-state index contributed by atoms with van der Waals surface area (Å²) in [6.07, 6.45) is 28.7. The van der Waals surface area contributed by atoms with Crippen LogP contribution in [-0.4, -0.2) is 28.9 Å². The molecule has 26 heavy (non-hydrogen) atoms. The smallest absolute Gasteiger partial charge is 0.132 e. The summed E-state index contributed by atoms with van der Waals surface area (Å²) >= 11 is 0. The highest BCUT2D eigenvalue weighted by Gasteiger charge is 2.47. The molecule has 2 heteroatoms. The summed E-state index contributed by atoms with van der Waals surface area (Å²) < 4.78 is 0. The molecule has 0 aromatic heterocycles. The zero-order valence-corrected chi connectivity index (χ0v) is 15.9. The summed E-state index contributed by atoms with van der Waals surface area (Å²) in [4.78, 5) is 8.23. The molecule has 5 rings (SSSR count). The molecular formula is C24H32N2. The molecule has 4 atom stereocenters. The van der Waals surface area contributed by atoms with E-state index in [1.165, 1.54) is 82.0 Å². The molecule has 2 fully saturated rings. The van der Waals surface area contributed by atoms with Crippen molar-refractivity contribution in [1.82, 2.24) is 4.90 Å². The van der Waals surface area contributed by atoms with Crippen molar-refractivity contribution in [3.05, 3.63) is 47.6 Å². The minimum Gasteiger partial charge on any atom is -0.348 e. The Balaban J connectivity index is 1.59. The normalized spacial score (nSPS) is 37.8. The van der Waals surface area contributed by atoms with Crippen LogP contribution in [0.15, 0.2) is 52.6 Å². The van der Waals surface area contributed by atoms with Crippen molar-refractivity contribution < 1.29 is 0 Å². The van der Waals surface area contributed by atoms with Crippen molar-refractivity contribution in [3.8, 4) is 0 Å². The van der Waals surface area contributed by atoms with E-state index in [0.717, 1.165) is 0 Å². The number of amidine groups is 1. The monoisotopic (exact) mass is 348 g/mol. The first-order valence-corrected chi connectivity index (χ1v) is 11.1. The molecule has 4 unspecified atom stereocenters. The molecule has 0 radical (unpaired) electrons. The van der Waals surface area contributed by atoms with Gasteiger partial charge in [-0.15, -0.1) is 0 Å². The van der Waals surface area contributed by atoms with Crippen LogP contribution in [0.25, 0.3) is 0 Å². The van der Waals surface area contributed by atoms with E-state index >= 15 is 0 Å². The molecule has 0 saturated heterocycles. The summed E-state index contributed by atoms with van der Waals surface area (Å²) in [6.45, 7) is 0. The van der Waals surface area contributed by atoms with Crippen LogP contribution in [0.2, 0.25) is 0 Å². The Hall–Kier alpha value is -1.57. The van der Waals surface area contributed by atoms with Crippen LogP contribution in [0.4, 0.5) is 0 Å². The van der Waals surface area contributed by atoms with Crippen LogP contribution < -0.4 is 0 Å². The highest BCUT2D eigenvalue weighted by atomic mass is 15.3. The lowest BCUT2D eigenvalue weighted by molar-refractivity contribution is 0.138. The van der Waals surface area contributed by atoms with Gasteiger partial charge >= 0.3 is 0 Å². The molecule has 3 aliphatic carbocycles. The van der Waals surface area contributed by atoms with E-state index in [4.69, 9.17) is 4.99 Å². The van der Waals surface area contributed by atoms with Gasteiger partial charge in [0.1, 0.15) is 5.84 Å². The maximum absolute atomic E-state index is 5.40. The predicted molar refractivity (Wildman–Crippen MR) is 109 cm³/mol. The Morgan fingerprint density at radius 1 is 0.692 bits per heavy atom. The molecule has 0 bridgehead atoms. The maximum atomic E-state index is 5.40. The van der Waals surface area contributed by atoms with Crippen LogP contribution >= 0.6 is 0 Å². The standard InChI is InChI=1S/C24H32N2/c1-2-8-15-21-23(17-9-3-1)26-22-16-11-10-13-19(22)18-12-6-4-5-7-14-20(18)24(26)25-21/h4-7,12,14,19,21-23H,1-3,8-11,13,15-17H2/b5-4?,6-4?,7-5?,12-6-,14-7?,18-12?,20-14?. The van der Waals surface area contributed by atoms with E-state index < -0.39 is 0 Å². The third kappa shape index (κ3) is 2.82. The van der Waals surface area contributed by atoms with Crippen molar-refractivity contribution >= 4 is 5.84 Å². The first kappa shape index (κ1) is 16.6. The Labute approximate surface area is 158 Å². The summed E-state index contributed by atoms with van der Waals surface area (Å²) in [5, 5.41) is 0. The zero-order chi connectivity index (χ0) is 17.3. The van der Waals surface area contributed by atoms with Crippen LogP contribution in [0.5, 0.6) is 0 Å². The van der Waals surface area contributed by atoms with Crippen LogP contribution in [0.3, 0.4) is 0 Å². The first-order chi connectivity index (χ1) is 12.9. The Bertz CT molecular complexity index is 693. The molecule has 0 N–H and O–H groups in total. The second-order valence-corrected chi connectivity index (χ2v) is 8.77. The number of hydrogen-bond donors (Lipinski definition) is 0. The maximum Gasteiger partial charge on any atom is 0.132 e. The number of nitrogens with zero attached hydrogens (tertiary/aromatic N) is 2. The van der Waals surface area contributed by atoms with Crippen molar-refractivity contribution in [2.75, 3.05) is 0 Å². The van der Waals surface area contributed by atoms with Gasteiger partial charge in [-0.1, -0.05) is 81.4 Å². The Kier molecular flexibility index (Phi) is 4.60. The van der Waals surface area contributed by atoms with Gasteiger partial charge in [0, 0.05) is 17.5 Å². The summed E-state index contributed by atoms with van der Waals surface area (Å²) in [5.41, 5.74) is 3.00. The van der Waals surface area contributed by atoms with Gasteiger partial charge in [0.2, 0.25) is 0 Å². The fraction of sp³-hybridized carbons (Fsp3) is 0.625. The molecule has 0 spiro atoms. The van der Waals surface area contributed by atoms with Crippen molar-refractivity contribution in [2.24, 2.45) is 10.9 Å². The van der Waals surface area contributed by atoms with Crippen molar-refractivity contribution in [1.29, 1.82) is 0 Å². The number of rotatable bonds is 0. The molecule has 138 valence electrons. The molecule has 2 aliphatic heterocycles. The molecular weight excluding hydrogens is 316 g/mol. The second kappa shape index (κ2) is 7.21. The topological polar surface area (TPSA) is 15.6 Å². The van der Waals surface area contributed by atoms with Gasteiger partial charge in [-0.25, -0.2) is 0 Å². The number of aliphatic imine (C=N–C) groups is 1. The van der Waals surface area contributed by atoms with E-state index in [2.05, 4.69) is 41.4 Å². The molecule has 0 amide bonds. The third-order valence-corrected chi connectivity index (χ3v) is 7.24. The fourth-order valence-electron chi connectivity index (χ4n) is 6.05. The molecule has 2 saturated carbocycles. The van der Waals surface area contributed by atoms with Gasteiger partial charge < -0.3 is 4.90 Å². The molecule has 0 aromatic rings. The SMILES string of the molecule is C1=C/C=C\C2=C(C=C1)C1=NC3CCCCCCCC3N1C1CCCCC21. The van der Waals surface area contributed by atoms with E-state index in [1.54, 1.807) is 5.57 Å². The number of fused-ring (bicyclic) bond motifs is 7. The number of hydrogen-bond acceptors (Lipinski definition) is 2. The number of allylic oxidation sites excluding steroid dienone is 5. The average molecular weight is 349 g/mol. The lowest BCUT2D eigenvalue weighted by atomic mass is 9.73. The quantitative estimate of drug-likeness (QED) is 0.545. The largest absolute Gasteiger partial charge is 0.348 e. The highest BCUT2D eigenvalue weighted by Crippen LogP contribution is 2.45. The first-order valence-electron chi connectivity index (χ1n) is 11.1. The van der Waals surface area contributed by atoms with Crippen LogP contribution in [-0.2, 0) is 0 Å². The predicted octanol–water partition coefficient (Wildman–Crippen LogP) is 5.73. The van der Waals surface area contributed by atoms with Crippen LogP contribution in [0.1, 0.15) is 70.6 Å². The van der Waals surface area contributed by atoms with Gasteiger partial charge in [-0.05, 0) is 31.3 Å². The minimum absolute atomic E-state index is 0.538. The molecule has 0 aromatic carbocycles. The lowest BCUT2D eigenvalue weighted by Crippen LogP contribution is -2.54. The van der Waals surface area contributed by atoms with Gasteiger partial charge in [-0.2, -0.15) is 0 Å². The van der Waals surface area contributed by atoms with Gasteiger partial charge in [0.25, 0.3) is 0 Å². The van der Waals surface area contributed by atoms with Crippen molar-refractivity contribution in [2.45, 2.75) is 88.8 Å². The third-order valence-electron chi connectivity index (χ3n) is 7.24. The molecule has 2 heterocycles. The van der Waals surface area contributed by atoms with Crippen LogP contribution in [0, 0.1) is 5.92 Å². The molecule has 5 aliphatic rings. The second-order valence-electron chi connectivity index (χ2n) is 8.77. The van der Waals surface area contributed by atoms with E-state index in [0.29, 0.717) is 24.0 Å². The highest BCUT2D eigenvalue weighted by molar-refractivity contribution is 6.04.